The summed E-state index contributed by atoms with van der Waals surface area (Å²) in [5, 5.41) is 17.8. The molecule has 5 N–H and O–H groups in total. The molecule has 0 rings (SSSR count). The summed E-state index contributed by atoms with van der Waals surface area (Å²) < 4.78 is 4.33. The molecule has 0 bridgehead atoms. The minimum Gasteiger partial charge on any atom is -0.478 e. The monoisotopic (exact) mass is 274 g/mol. The van der Waals surface area contributed by atoms with Gasteiger partial charge in [-0.15, -0.1) is 0 Å². The molecule has 0 aromatic heterocycles. The van der Waals surface area contributed by atoms with E-state index >= 15 is 0 Å². The molecule has 0 aliphatic rings. The molecule has 3 amide bonds. The second-order valence-electron chi connectivity index (χ2n) is 2.62. The van der Waals surface area contributed by atoms with E-state index in [0.717, 1.165) is 6.08 Å². The summed E-state index contributed by atoms with van der Waals surface area (Å²) in [5.74, 6) is -2.64. The zero-order chi connectivity index (χ0) is 15.3. The molecule has 0 saturated heterocycles. The molecule has 0 radical (unpaired) electrons. The molecule has 0 heterocycles. The maximum atomic E-state index is 10.4. The summed E-state index contributed by atoms with van der Waals surface area (Å²) in [5.41, 5.74) is 4.55. The van der Waals surface area contributed by atoms with Crippen LogP contribution < -0.4 is 11.1 Å². The molecule has 0 saturated carbocycles. The van der Waals surface area contributed by atoms with E-state index in [1.54, 1.807) is 5.32 Å². The molecule has 19 heavy (non-hydrogen) atoms. The molecule has 0 aromatic carbocycles. The van der Waals surface area contributed by atoms with Crippen LogP contribution in [0.25, 0.3) is 0 Å². The van der Waals surface area contributed by atoms with Crippen molar-refractivity contribution >= 4 is 23.9 Å². The maximum Gasteiger partial charge on any atom is 0.330 e. The molecule has 0 aliphatic heterocycles. The topological polar surface area (TPSA) is 156 Å². The van der Waals surface area contributed by atoms with E-state index in [0.29, 0.717) is 12.2 Å². The number of imide groups is 1. The van der Waals surface area contributed by atoms with Crippen molar-refractivity contribution in [1.82, 2.24) is 5.32 Å². The van der Waals surface area contributed by atoms with Crippen LogP contribution in [-0.4, -0.2) is 47.3 Å². The Hall–Kier alpha value is -2.68. The summed E-state index contributed by atoms with van der Waals surface area (Å²) in [6, 6.07) is -1.02. The third-order valence-electron chi connectivity index (χ3n) is 1.13. The van der Waals surface area contributed by atoms with Crippen LogP contribution in [0, 0.1) is 0 Å². The fourth-order valence-electron chi connectivity index (χ4n) is 0.515. The zero-order valence-electron chi connectivity index (χ0n) is 9.87. The van der Waals surface area contributed by atoms with Crippen LogP contribution >= 0.6 is 0 Å². The van der Waals surface area contributed by atoms with E-state index in [2.05, 4.69) is 17.0 Å². The largest absolute Gasteiger partial charge is 0.478 e. The van der Waals surface area contributed by atoms with E-state index in [1.165, 1.54) is 0 Å². The second kappa shape index (κ2) is 11.8. The van der Waals surface area contributed by atoms with Gasteiger partial charge in [0.2, 0.25) is 0 Å². The number of carboxylic acids is 1. The number of amides is 3. The second-order valence-corrected chi connectivity index (χ2v) is 2.62. The molecule has 0 aromatic rings. The highest BCUT2D eigenvalue weighted by atomic mass is 16.5. The third-order valence-corrected chi connectivity index (χ3v) is 1.13. The zero-order valence-corrected chi connectivity index (χ0v) is 9.87. The Bertz CT molecular complexity index is 376. The van der Waals surface area contributed by atoms with Gasteiger partial charge in [0.25, 0.3) is 5.91 Å². The van der Waals surface area contributed by atoms with Crippen molar-refractivity contribution in [3.8, 4) is 0 Å². The number of urea groups is 1. The smallest absolute Gasteiger partial charge is 0.330 e. The Morgan fingerprint density at radius 1 is 1.26 bits per heavy atom. The lowest BCUT2D eigenvalue weighted by Gasteiger charge is -1.94. The van der Waals surface area contributed by atoms with Crippen molar-refractivity contribution in [2.24, 2.45) is 5.73 Å². The molecule has 0 aliphatic carbocycles. The van der Waals surface area contributed by atoms with Gasteiger partial charge in [0, 0.05) is 18.2 Å². The van der Waals surface area contributed by atoms with Crippen molar-refractivity contribution in [3.05, 3.63) is 24.8 Å². The highest BCUT2D eigenvalue weighted by molar-refractivity contribution is 6.02. The first-order chi connectivity index (χ1) is 8.83. The summed E-state index contributed by atoms with van der Waals surface area (Å²) >= 11 is 0. The molecule has 106 valence electrons. The molecular formula is C10H14N2O7. The van der Waals surface area contributed by atoms with Crippen LogP contribution in [0.15, 0.2) is 24.8 Å². The van der Waals surface area contributed by atoms with E-state index in [-0.39, 0.29) is 13.2 Å². The van der Waals surface area contributed by atoms with Gasteiger partial charge in [-0.25, -0.2) is 14.4 Å². The molecular weight excluding hydrogens is 260 g/mol. The Labute approximate surface area is 108 Å². The van der Waals surface area contributed by atoms with Crippen LogP contribution in [0.1, 0.15) is 0 Å². The number of aliphatic hydroxyl groups is 1. The lowest BCUT2D eigenvalue weighted by molar-refractivity contribution is -0.138. The first-order valence-electron chi connectivity index (χ1n) is 4.75. The number of esters is 1. The van der Waals surface area contributed by atoms with Gasteiger partial charge < -0.3 is 20.7 Å². The number of hydrogen-bond acceptors (Lipinski definition) is 6. The highest BCUT2D eigenvalue weighted by Gasteiger charge is 1.98. The fourth-order valence-corrected chi connectivity index (χ4v) is 0.515. The summed E-state index contributed by atoms with van der Waals surface area (Å²) in [4.78, 5) is 40.3. The number of carbonyl (C=O) groups is 4. The summed E-state index contributed by atoms with van der Waals surface area (Å²) in [6.45, 7) is 3.06. The number of hydrogen-bond donors (Lipinski definition) is 4. The van der Waals surface area contributed by atoms with E-state index in [1.807, 2.05) is 0 Å². The van der Waals surface area contributed by atoms with Gasteiger partial charge in [0.15, 0.2) is 0 Å². The van der Waals surface area contributed by atoms with Crippen LogP contribution in [0.2, 0.25) is 0 Å². The van der Waals surface area contributed by atoms with Gasteiger partial charge >= 0.3 is 18.0 Å². The van der Waals surface area contributed by atoms with Gasteiger partial charge in [-0.2, -0.15) is 0 Å². The predicted octanol–water partition coefficient (Wildman–Crippen LogP) is -1.47. The molecule has 9 heteroatoms. The Kier molecular flexibility index (Phi) is 11.6. The minimum atomic E-state index is -1.27. The number of ether oxygens (including phenoxy) is 1. The normalized spacial score (nSPS) is 8.89. The summed E-state index contributed by atoms with van der Waals surface area (Å²) in [6.07, 6.45) is 2.33. The number of nitrogens with one attached hydrogen (secondary N) is 1. The number of rotatable bonds is 5. The lowest BCUT2D eigenvalue weighted by Crippen LogP contribution is -2.33. The molecule has 0 fully saturated rings. The van der Waals surface area contributed by atoms with Gasteiger partial charge in [0.1, 0.15) is 6.61 Å². The first-order valence-corrected chi connectivity index (χ1v) is 4.75. The van der Waals surface area contributed by atoms with E-state index < -0.39 is 23.9 Å². The van der Waals surface area contributed by atoms with Crippen molar-refractivity contribution in [2.75, 3.05) is 13.2 Å². The highest BCUT2D eigenvalue weighted by Crippen LogP contribution is 1.75. The number of nitrogens with two attached hydrogens (primary N) is 1. The standard InChI is InChI=1S/C5H6N2O4.C5H8O3/c6-5(11)7-3(8)1-2-4(9)10;1-2-5(7)8-4-3-6/h1-2H,(H,9,10)(H3,6,7,8,11);2,6H,1,3-4H2/b2-1-;. The number of carboxylic acid groups (broad SMARTS) is 1. The van der Waals surface area contributed by atoms with Gasteiger partial charge in [-0.1, -0.05) is 6.58 Å². The van der Waals surface area contributed by atoms with Crippen LogP contribution in [-0.2, 0) is 19.1 Å². The van der Waals surface area contributed by atoms with Crippen LogP contribution in [0.3, 0.4) is 0 Å². The van der Waals surface area contributed by atoms with Crippen molar-refractivity contribution in [2.45, 2.75) is 0 Å². The van der Waals surface area contributed by atoms with Crippen LogP contribution in [0.5, 0.6) is 0 Å². The van der Waals surface area contributed by atoms with Crippen molar-refractivity contribution in [3.63, 3.8) is 0 Å². The molecule has 0 atom stereocenters. The fraction of sp³-hybridized carbons (Fsp3) is 0.200. The van der Waals surface area contributed by atoms with Gasteiger partial charge in [-0.05, 0) is 0 Å². The number of aliphatic hydroxyl groups excluding tert-OH is 1. The van der Waals surface area contributed by atoms with Gasteiger partial charge in [0.05, 0.1) is 6.61 Å². The number of aliphatic carboxylic acids is 1. The Morgan fingerprint density at radius 3 is 2.21 bits per heavy atom. The third kappa shape index (κ3) is 17.9. The average Bonchev–Trinajstić information content (AvgIpc) is 2.33. The SMILES string of the molecule is C=CC(=O)OCCO.NC(=O)NC(=O)/C=C\C(=O)O. The van der Waals surface area contributed by atoms with Crippen LogP contribution in [0.4, 0.5) is 4.79 Å². The Balaban J connectivity index is 0. The number of carbonyl (C=O) groups excluding carboxylic acids is 3. The average molecular weight is 274 g/mol. The molecule has 0 spiro atoms. The van der Waals surface area contributed by atoms with Crippen molar-refractivity contribution < 1.29 is 34.1 Å². The van der Waals surface area contributed by atoms with E-state index in [9.17, 15) is 19.2 Å². The first kappa shape index (κ1) is 18.7. The Morgan fingerprint density at radius 2 is 1.84 bits per heavy atom. The minimum absolute atomic E-state index is 0.0465. The molecule has 9 nitrogen and oxygen atoms in total. The van der Waals surface area contributed by atoms with Gasteiger partial charge in [-0.3, -0.25) is 10.1 Å². The van der Waals surface area contributed by atoms with E-state index in [4.69, 9.17) is 10.2 Å². The maximum absolute atomic E-state index is 10.4. The predicted molar refractivity (Wildman–Crippen MR) is 62.7 cm³/mol. The van der Waals surface area contributed by atoms with Crippen molar-refractivity contribution in [1.29, 1.82) is 0 Å². The quantitative estimate of drug-likeness (QED) is 0.352. The molecule has 0 unspecified atom stereocenters. The number of primary amides is 1. The summed E-state index contributed by atoms with van der Waals surface area (Å²) in [7, 11) is 0. The lowest BCUT2D eigenvalue weighted by atomic mass is 10.5.